The van der Waals surface area contributed by atoms with Crippen LogP contribution in [0.15, 0.2) is 29.1 Å². The minimum Gasteiger partial charge on any atom is -0.290 e. The Morgan fingerprint density at radius 2 is 1.81 bits per heavy atom. The minimum atomic E-state index is -0.107. The predicted molar refractivity (Wildman–Crippen MR) is 68.0 cm³/mol. The molecular weight excluding hydrogens is 268 g/mol. The van der Waals surface area contributed by atoms with Crippen LogP contribution in [-0.4, -0.2) is 5.78 Å². The molecule has 1 aromatic rings. The number of carbonyl (C=O) groups is 1. The van der Waals surface area contributed by atoms with Crippen LogP contribution in [0.4, 0.5) is 0 Å². The number of carbonyl (C=O) groups excluding carboxylic acids is 1. The molecule has 0 radical (unpaired) electrons. The number of ketones is 1. The SMILES string of the molecule is CC(C)c1ccc2c(cc1=O)C(=O)C=C2Br. The average Bonchev–Trinajstić information content (AvgIpc) is 2.38. The number of rotatable bonds is 1. The molecule has 0 atom stereocenters. The van der Waals surface area contributed by atoms with Gasteiger partial charge in [-0.15, -0.1) is 0 Å². The van der Waals surface area contributed by atoms with Gasteiger partial charge in [0.05, 0.1) is 0 Å². The molecule has 1 aliphatic carbocycles. The fourth-order valence-electron chi connectivity index (χ4n) is 1.80. The van der Waals surface area contributed by atoms with Crippen molar-refractivity contribution >= 4 is 26.2 Å². The third-order valence-corrected chi connectivity index (χ3v) is 3.34. The van der Waals surface area contributed by atoms with Crippen LogP contribution < -0.4 is 5.43 Å². The maximum Gasteiger partial charge on any atom is 0.187 e. The van der Waals surface area contributed by atoms with Crippen LogP contribution in [0.5, 0.6) is 0 Å². The summed E-state index contributed by atoms with van der Waals surface area (Å²) in [6.07, 6.45) is 1.50. The highest BCUT2D eigenvalue weighted by Crippen LogP contribution is 2.30. The normalized spacial score (nSPS) is 14.0. The van der Waals surface area contributed by atoms with Gasteiger partial charge in [-0.25, -0.2) is 0 Å². The average molecular weight is 279 g/mol. The monoisotopic (exact) mass is 278 g/mol. The van der Waals surface area contributed by atoms with Gasteiger partial charge in [-0.3, -0.25) is 9.59 Å². The molecule has 0 spiro atoms. The smallest absolute Gasteiger partial charge is 0.187 e. The van der Waals surface area contributed by atoms with Crippen molar-refractivity contribution in [1.29, 1.82) is 0 Å². The standard InChI is InChI=1S/C13H11BrO2/c1-7(2)8-3-4-9-10(5-12(8)15)13(16)6-11(9)14/h3-7H,1-2H3. The Hall–Kier alpha value is -1.22. The number of fused-ring (bicyclic) bond motifs is 1. The molecule has 1 aliphatic rings. The molecule has 0 aromatic heterocycles. The van der Waals surface area contributed by atoms with E-state index in [9.17, 15) is 9.59 Å². The van der Waals surface area contributed by atoms with Gasteiger partial charge in [-0.05, 0) is 12.0 Å². The van der Waals surface area contributed by atoms with Gasteiger partial charge in [-0.1, -0.05) is 41.9 Å². The summed E-state index contributed by atoms with van der Waals surface area (Å²) in [5.74, 6) is 0.0581. The third kappa shape index (κ3) is 1.76. The topological polar surface area (TPSA) is 34.1 Å². The zero-order valence-electron chi connectivity index (χ0n) is 9.08. The lowest BCUT2D eigenvalue weighted by molar-refractivity contribution is 0.105. The van der Waals surface area contributed by atoms with Crippen LogP contribution in [0.25, 0.3) is 4.48 Å². The molecule has 0 unspecified atom stereocenters. The maximum absolute atomic E-state index is 11.9. The fourth-order valence-corrected chi connectivity index (χ4v) is 2.35. The minimum absolute atomic E-state index is 0.0693. The van der Waals surface area contributed by atoms with Gasteiger partial charge >= 0.3 is 0 Å². The molecule has 0 fully saturated rings. The van der Waals surface area contributed by atoms with E-state index in [2.05, 4.69) is 15.9 Å². The second-order valence-corrected chi connectivity index (χ2v) is 4.99. The van der Waals surface area contributed by atoms with E-state index in [1.807, 2.05) is 19.9 Å². The van der Waals surface area contributed by atoms with Gasteiger partial charge in [0.25, 0.3) is 0 Å². The number of allylic oxidation sites excluding steroid dienone is 1. The first-order valence-corrected chi connectivity index (χ1v) is 5.90. The zero-order chi connectivity index (χ0) is 11.9. The lowest BCUT2D eigenvalue weighted by Crippen LogP contribution is -2.07. The summed E-state index contributed by atoms with van der Waals surface area (Å²) in [5, 5.41) is 0. The quantitative estimate of drug-likeness (QED) is 0.791. The molecule has 2 nitrogen and oxygen atoms in total. The molecule has 1 aromatic carbocycles. The van der Waals surface area contributed by atoms with Crippen molar-refractivity contribution in [1.82, 2.24) is 0 Å². The van der Waals surface area contributed by atoms with E-state index in [0.29, 0.717) is 5.56 Å². The lowest BCUT2D eigenvalue weighted by atomic mass is 10.1. The highest BCUT2D eigenvalue weighted by molar-refractivity contribution is 9.15. The summed E-state index contributed by atoms with van der Waals surface area (Å²) in [7, 11) is 0. The molecule has 0 aliphatic heterocycles. The molecule has 0 saturated heterocycles. The molecule has 82 valence electrons. The Bertz CT molecular complexity index is 556. The van der Waals surface area contributed by atoms with Gasteiger partial charge in [0.1, 0.15) is 0 Å². The highest BCUT2D eigenvalue weighted by Gasteiger charge is 2.19. The van der Waals surface area contributed by atoms with Crippen molar-refractivity contribution in [3.05, 3.63) is 51.2 Å². The van der Waals surface area contributed by atoms with E-state index >= 15 is 0 Å². The largest absolute Gasteiger partial charge is 0.290 e. The Morgan fingerprint density at radius 3 is 2.44 bits per heavy atom. The Labute approximate surface area is 102 Å². The molecule has 16 heavy (non-hydrogen) atoms. The lowest BCUT2D eigenvalue weighted by Gasteiger charge is -1.98. The summed E-state index contributed by atoms with van der Waals surface area (Å²) in [5.41, 5.74) is 1.96. The molecule has 0 saturated carbocycles. The van der Waals surface area contributed by atoms with E-state index in [4.69, 9.17) is 0 Å². The zero-order valence-corrected chi connectivity index (χ0v) is 10.7. The first-order valence-electron chi connectivity index (χ1n) is 5.11. The summed E-state index contributed by atoms with van der Waals surface area (Å²) in [6, 6.07) is 5.08. The number of hydrogen-bond acceptors (Lipinski definition) is 2. The van der Waals surface area contributed by atoms with Gasteiger partial charge < -0.3 is 0 Å². The summed E-state index contributed by atoms with van der Waals surface area (Å²) in [6.45, 7) is 3.93. The van der Waals surface area contributed by atoms with E-state index in [1.165, 1.54) is 12.1 Å². The first kappa shape index (κ1) is 11.3. The van der Waals surface area contributed by atoms with Crippen molar-refractivity contribution in [2.24, 2.45) is 0 Å². The van der Waals surface area contributed by atoms with Crippen molar-refractivity contribution in [2.45, 2.75) is 19.8 Å². The van der Waals surface area contributed by atoms with E-state index in [1.54, 1.807) is 6.07 Å². The Morgan fingerprint density at radius 1 is 1.12 bits per heavy atom. The van der Waals surface area contributed by atoms with Crippen LogP contribution in [-0.2, 0) is 0 Å². The molecule has 2 rings (SSSR count). The Kier molecular flexibility index (Phi) is 2.80. The first-order chi connectivity index (χ1) is 7.50. The second kappa shape index (κ2) is 3.98. The summed E-state index contributed by atoms with van der Waals surface area (Å²) >= 11 is 3.32. The maximum atomic E-state index is 11.9. The van der Waals surface area contributed by atoms with Crippen molar-refractivity contribution in [3.63, 3.8) is 0 Å². The van der Waals surface area contributed by atoms with Crippen molar-refractivity contribution in [3.8, 4) is 0 Å². The van der Waals surface area contributed by atoms with E-state index in [0.717, 1.165) is 15.6 Å². The van der Waals surface area contributed by atoms with Gasteiger partial charge in [0.15, 0.2) is 11.2 Å². The molecule has 0 amide bonds. The molecule has 3 heteroatoms. The van der Waals surface area contributed by atoms with Crippen molar-refractivity contribution < 1.29 is 4.79 Å². The second-order valence-electron chi connectivity index (χ2n) is 4.14. The molecular formula is C13H11BrO2. The van der Waals surface area contributed by atoms with E-state index < -0.39 is 0 Å². The van der Waals surface area contributed by atoms with Gasteiger partial charge in [0, 0.05) is 27.2 Å². The number of halogens is 1. The Balaban J connectivity index is 2.75. The number of hydrogen-bond donors (Lipinski definition) is 0. The van der Waals surface area contributed by atoms with Gasteiger partial charge in [0.2, 0.25) is 0 Å². The molecule has 0 bridgehead atoms. The predicted octanol–water partition coefficient (Wildman–Crippen LogP) is 3.10. The fraction of sp³-hybridized carbons (Fsp3) is 0.231. The van der Waals surface area contributed by atoms with E-state index in [-0.39, 0.29) is 17.1 Å². The van der Waals surface area contributed by atoms with Crippen molar-refractivity contribution in [2.75, 3.05) is 0 Å². The van der Waals surface area contributed by atoms with Crippen LogP contribution >= 0.6 is 15.9 Å². The summed E-state index contributed by atoms with van der Waals surface area (Å²) < 4.78 is 0.748. The van der Waals surface area contributed by atoms with Crippen LogP contribution in [0, 0.1) is 0 Å². The molecule has 0 heterocycles. The summed E-state index contributed by atoms with van der Waals surface area (Å²) in [4.78, 5) is 23.5. The van der Waals surface area contributed by atoms with Gasteiger partial charge in [-0.2, -0.15) is 0 Å². The third-order valence-electron chi connectivity index (χ3n) is 2.68. The van der Waals surface area contributed by atoms with Crippen LogP contribution in [0.1, 0.15) is 41.3 Å². The van der Waals surface area contributed by atoms with Crippen LogP contribution in [0.3, 0.4) is 0 Å². The van der Waals surface area contributed by atoms with Crippen LogP contribution in [0.2, 0.25) is 0 Å². The highest BCUT2D eigenvalue weighted by atomic mass is 79.9. The molecule has 0 N–H and O–H groups in total.